The number of nitrogens with zero attached hydrogens (tertiary/aromatic N) is 1. The molecule has 1 heterocycles. The Labute approximate surface area is 145 Å². The van der Waals surface area contributed by atoms with E-state index < -0.39 is 0 Å². The van der Waals surface area contributed by atoms with E-state index in [1.807, 2.05) is 12.1 Å². The van der Waals surface area contributed by atoms with Crippen molar-refractivity contribution in [2.75, 3.05) is 33.4 Å². The smallest absolute Gasteiger partial charge is 0.179 e. The molecule has 4 nitrogen and oxygen atoms in total. The average molecular weight is 341 g/mol. The minimum atomic E-state index is 0.616. The van der Waals surface area contributed by atoms with Gasteiger partial charge in [-0.2, -0.15) is 0 Å². The Morgan fingerprint density at radius 3 is 2.87 bits per heavy atom. The first kappa shape index (κ1) is 18.4. The molecule has 0 radical (unpaired) electrons. The summed E-state index contributed by atoms with van der Waals surface area (Å²) in [7, 11) is 1.65. The Morgan fingerprint density at radius 2 is 2.17 bits per heavy atom. The molecule has 1 aromatic carbocycles. The summed E-state index contributed by atoms with van der Waals surface area (Å²) in [6.07, 6.45) is 3.54. The highest BCUT2D eigenvalue weighted by molar-refractivity contribution is 6.32. The molecule has 1 saturated heterocycles. The number of likely N-dealkylation sites (N-methyl/N-ethyl adjacent to an activating group) is 1. The maximum Gasteiger partial charge on any atom is 0.179 e. The quantitative estimate of drug-likeness (QED) is 0.743. The summed E-state index contributed by atoms with van der Waals surface area (Å²) in [5.41, 5.74) is 1.12. The summed E-state index contributed by atoms with van der Waals surface area (Å²) in [5, 5.41) is 4.17. The molecule has 5 heteroatoms. The van der Waals surface area contributed by atoms with Crippen molar-refractivity contribution in [3.63, 3.8) is 0 Å². The van der Waals surface area contributed by atoms with Crippen molar-refractivity contribution >= 4 is 11.6 Å². The number of hydrogen-bond acceptors (Lipinski definition) is 4. The third-order valence-corrected chi connectivity index (χ3v) is 4.63. The van der Waals surface area contributed by atoms with Crippen LogP contribution in [0.25, 0.3) is 0 Å². The number of methoxy groups -OCH3 is 1. The van der Waals surface area contributed by atoms with Crippen LogP contribution in [0.15, 0.2) is 12.1 Å². The number of halogens is 1. The lowest BCUT2D eigenvalue weighted by Gasteiger charge is -2.23. The monoisotopic (exact) mass is 340 g/mol. The van der Waals surface area contributed by atoms with Crippen LogP contribution < -0.4 is 14.8 Å². The van der Waals surface area contributed by atoms with Gasteiger partial charge in [-0.25, -0.2) is 0 Å². The first-order valence-electron chi connectivity index (χ1n) is 8.63. The van der Waals surface area contributed by atoms with E-state index in [1.165, 1.54) is 19.4 Å². The van der Waals surface area contributed by atoms with Crippen molar-refractivity contribution in [1.29, 1.82) is 0 Å². The van der Waals surface area contributed by atoms with Gasteiger partial charge in [0.05, 0.1) is 18.7 Å². The van der Waals surface area contributed by atoms with Crippen molar-refractivity contribution < 1.29 is 9.47 Å². The van der Waals surface area contributed by atoms with Gasteiger partial charge in [0.2, 0.25) is 0 Å². The second-order valence-corrected chi connectivity index (χ2v) is 6.42. The largest absolute Gasteiger partial charge is 0.493 e. The SMILES string of the molecule is CCCOc1c(Cl)cc(CNCC2CCCN2CC)cc1OC. The van der Waals surface area contributed by atoms with E-state index >= 15 is 0 Å². The molecule has 1 aromatic rings. The predicted octanol–water partition coefficient (Wildman–Crippen LogP) is 3.71. The van der Waals surface area contributed by atoms with Gasteiger partial charge in [-0.3, -0.25) is 4.90 Å². The Kier molecular flexibility index (Phi) is 7.47. The molecule has 130 valence electrons. The molecule has 1 fully saturated rings. The fourth-order valence-electron chi connectivity index (χ4n) is 3.15. The number of rotatable bonds is 9. The third-order valence-electron chi connectivity index (χ3n) is 4.35. The van der Waals surface area contributed by atoms with Crippen LogP contribution in [0.3, 0.4) is 0 Å². The van der Waals surface area contributed by atoms with Crippen LogP contribution in [0.4, 0.5) is 0 Å². The van der Waals surface area contributed by atoms with Crippen LogP contribution in [0, 0.1) is 0 Å². The van der Waals surface area contributed by atoms with Gasteiger partial charge < -0.3 is 14.8 Å². The van der Waals surface area contributed by atoms with Gasteiger partial charge in [-0.15, -0.1) is 0 Å². The zero-order valence-electron chi connectivity index (χ0n) is 14.5. The van der Waals surface area contributed by atoms with Gasteiger partial charge in [0.25, 0.3) is 0 Å². The highest BCUT2D eigenvalue weighted by Gasteiger charge is 2.22. The molecule has 1 aliphatic rings. The summed E-state index contributed by atoms with van der Waals surface area (Å²) >= 11 is 6.36. The molecule has 2 rings (SSSR count). The van der Waals surface area contributed by atoms with Gasteiger partial charge >= 0.3 is 0 Å². The third kappa shape index (κ3) is 5.00. The lowest BCUT2D eigenvalue weighted by atomic mass is 10.1. The van der Waals surface area contributed by atoms with Crippen LogP contribution in [0.2, 0.25) is 5.02 Å². The Hall–Kier alpha value is -0.970. The Morgan fingerprint density at radius 1 is 1.35 bits per heavy atom. The summed E-state index contributed by atoms with van der Waals surface area (Å²) in [6.45, 7) is 9.11. The molecule has 0 amide bonds. The summed E-state index contributed by atoms with van der Waals surface area (Å²) in [5.74, 6) is 1.35. The van der Waals surface area contributed by atoms with Crippen molar-refractivity contribution in [3.8, 4) is 11.5 Å². The minimum Gasteiger partial charge on any atom is -0.493 e. The van der Waals surface area contributed by atoms with E-state index in [0.717, 1.165) is 31.6 Å². The molecule has 0 bridgehead atoms. The highest BCUT2D eigenvalue weighted by atomic mass is 35.5. The molecule has 0 aromatic heterocycles. The molecule has 1 N–H and O–H groups in total. The average Bonchev–Trinajstić information content (AvgIpc) is 3.01. The van der Waals surface area contributed by atoms with Crippen LogP contribution in [0.1, 0.15) is 38.7 Å². The summed E-state index contributed by atoms with van der Waals surface area (Å²) < 4.78 is 11.1. The van der Waals surface area contributed by atoms with E-state index in [2.05, 4.69) is 24.1 Å². The van der Waals surface area contributed by atoms with E-state index in [9.17, 15) is 0 Å². The van der Waals surface area contributed by atoms with E-state index in [1.54, 1.807) is 7.11 Å². The van der Waals surface area contributed by atoms with E-state index in [4.69, 9.17) is 21.1 Å². The van der Waals surface area contributed by atoms with Crippen LogP contribution in [0.5, 0.6) is 11.5 Å². The molecular weight excluding hydrogens is 312 g/mol. The molecular formula is C18H29ClN2O2. The van der Waals surface area contributed by atoms with Crippen molar-refractivity contribution in [1.82, 2.24) is 10.2 Å². The van der Waals surface area contributed by atoms with Crippen LogP contribution in [-0.2, 0) is 6.54 Å². The van der Waals surface area contributed by atoms with Crippen molar-refractivity contribution in [3.05, 3.63) is 22.7 Å². The van der Waals surface area contributed by atoms with Crippen LogP contribution in [-0.4, -0.2) is 44.3 Å². The van der Waals surface area contributed by atoms with Crippen LogP contribution >= 0.6 is 11.6 Å². The van der Waals surface area contributed by atoms with Gasteiger partial charge in [0.1, 0.15) is 0 Å². The number of benzene rings is 1. The van der Waals surface area contributed by atoms with Gasteiger partial charge in [-0.05, 0) is 50.0 Å². The molecule has 23 heavy (non-hydrogen) atoms. The first-order valence-corrected chi connectivity index (χ1v) is 9.01. The molecule has 1 atom stereocenters. The second-order valence-electron chi connectivity index (χ2n) is 6.01. The topological polar surface area (TPSA) is 33.7 Å². The van der Waals surface area contributed by atoms with E-state index in [-0.39, 0.29) is 0 Å². The lowest BCUT2D eigenvalue weighted by Crippen LogP contribution is -2.37. The zero-order chi connectivity index (χ0) is 16.7. The zero-order valence-corrected chi connectivity index (χ0v) is 15.3. The number of hydrogen-bond donors (Lipinski definition) is 1. The normalized spacial score (nSPS) is 18.3. The van der Waals surface area contributed by atoms with E-state index in [0.29, 0.717) is 29.2 Å². The van der Waals surface area contributed by atoms with Gasteiger partial charge in [-0.1, -0.05) is 25.4 Å². The molecule has 1 unspecified atom stereocenters. The fourth-order valence-corrected chi connectivity index (χ4v) is 3.43. The molecule has 0 saturated carbocycles. The minimum absolute atomic E-state index is 0.616. The first-order chi connectivity index (χ1) is 11.2. The summed E-state index contributed by atoms with van der Waals surface area (Å²) in [6, 6.07) is 4.63. The Bertz CT molecular complexity index is 496. The van der Waals surface area contributed by atoms with Gasteiger partial charge in [0, 0.05) is 19.1 Å². The number of nitrogens with one attached hydrogen (secondary N) is 1. The maximum atomic E-state index is 6.36. The fraction of sp³-hybridized carbons (Fsp3) is 0.667. The maximum absolute atomic E-state index is 6.36. The number of ether oxygens (including phenoxy) is 2. The van der Waals surface area contributed by atoms with Crippen molar-refractivity contribution in [2.24, 2.45) is 0 Å². The molecule has 1 aliphatic heterocycles. The summed E-state index contributed by atoms with van der Waals surface area (Å²) in [4.78, 5) is 2.54. The standard InChI is InChI=1S/C18H29ClN2O2/c1-4-9-23-18-16(19)10-14(11-17(18)22-3)12-20-13-15-7-6-8-21(15)5-2/h10-11,15,20H,4-9,12-13H2,1-3H3. The predicted molar refractivity (Wildman–Crippen MR) is 95.8 cm³/mol. The number of likely N-dealkylation sites (tertiary alicyclic amines) is 1. The second kappa shape index (κ2) is 9.36. The Balaban J connectivity index is 1.93. The highest BCUT2D eigenvalue weighted by Crippen LogP contribution is 2.36. The van der Waals surface area contributed by atoms with Crippen molar-refractivity contribution in [2.45, 2.75) is 45.7 Å². The lowest BCUT2D eigenvalue weighted by molar-refractivity contribution is 0.260. The van der Waals surface area contributed by atoms with Gasteiger partial charge in [0.15, 0.2) is 11.5 Å². The molecule has 0 aliphatic carbocycles. The molecule has 0 spiro atoms.